The van der Waals surface area contributed by atoms with E-state index in [0.717, 1.165) is 13.1 Å². The van der Waals surface area contributed by atoms with E-state index in [0.29, 0.717) is 0 Å². The first kappa shape index (κ1) is 5.03. The summed E-state index contributed by atoms with van der Waals surface area (Å²) in [5.41, 5.74) is 5.41. The van der Waals surface area contributed by atoms with Crippen molar-refractivity contribution in [2.75, 3.05) is 13.1 Å². The van der Waals surface area contributed by atoms with E-state index in [-0.39, 0.29) is 6.17 Å². The molecule has 4 N–H and O–H groups in total. The lowest BCUT2D eigenvalue weighted by molar-refractivity contribution is 0.484. The van der Waals surface area contributed by atoms with Gasteiger partial charge in [0.15, 0.2) is 0 Å². The van der Waals surface area contributed by atoms with Gasteiger partial charge in [0.2, 0.25) is 0 Å². The molecule has 1 heterocycles. The summed E-state index contributed by atoms with van der Waals surface area (Å²) in [5.74, 6) is 0. The number of nitrogens with one attached hydrogen (secondary N) is 2. The smallest absolute Gasteiger partial charge is 0.0721 e. The molecule has 1 radical (unpaired) electrons. The maximum atomic E-state index is 5.41. The van der Waals surface area contributed by atoms with Crippen molar-refractivity contribution in [1.82, 2.24) is 10.6 Å². The molecule has 7 heavy (non-hydrogen) atoms. The fourth-order valence-corrected chi connectivity index (χ4v) is 0.580. The molecule has 1 rings (SSSR count). The van der Waals surface area contributed by atoms with Gasteiger partial charge in [-0.3, -0.25) is 5.32 Å². The molecule has 0 aromatic rings. The van der Waals surface area contributed by atoms with Crippen LogP contribution in [0, 0.1) is 6.54 Å². The first-order valence-electron chi connectivity index (χ1n) is 2.45. The van der Waals surface area contributed by atoms with Crippen LogP contribution in [0.5, 0.6) is 0 Å². The van der Waals surface area contributed by atoms with Gasteiger partial charge in [-0.25, -0.2) is 0 Å². The largest absolute Gasteiger partial charge is 0.315 e. The Labute approximate surface area is 43.3 Å². The molecule has 0 aromatic heterocycles. The minimum absolute atomic E-state index is 0.0498. The van der Waals surface area contributed by atoms with Gasteiger partial charge in [0.1, 0.15) is 0 Å². The van der Waals surface area contributed by atoms with Crippen molar-refractivity contribution in [3.05, 3.63) is 6.54 Å². The van der Waals surface area contributed by atoms with Crippen molar-refractivity contribution >= 4 is 0 Å². The van der Waals surface area contributed by atoms with Crippen molar-refractivity contribution in [3.8, 4) is 0 Å². The molecule has 1 atom stereocenters. The molecule has 3 heteroatoms. The van der Waals surface area contributed by atoms with Gasteiger partial charge in [-0.1, -0.05) is 0 Å². The van der Waals surface area contributed by atoms with Crippen LogP contribution in [-0.4, -0.2) is 19.3 Å². The number of nitrogens with two attached hydrogens (primary N) is 1. The van der Waals surface area contributed by atoms with Crippen molar-refractivity contribution in [2.45, 2.75) is 6.17 Å². The van der Waals surface area contributed by atoms with Gasteiger partial charge < -0.3 is 11.1 Å². The summed E-state index contributed by atoms with van der Waals surface area (Å²) < 4.78 is 0. The first-order chi connectivity index (χ1) is 3.39. The minimum Gasteiger partial charge on any atom is -0.315 e. The standard InChI is InChI=1S/C4H10N3/c5-4-3-6-1-2-7-4/h3-4,6-7H,1-2,5H2. The second kappa shape index (κ2) is 2.26. The Kier molecular flexibility index (Phi) is 1.62. The molecule has 3 nitrogen and oxygen atoms in total. The highest BCUT2D eigenvalue weighted by atomic mass is 15.1. The quantitative estimate of drug-likeness (QED) is 0.352. The molecular weight excluding hydrogens is 90.1 g/mol. The van der Waals surface area contributed by atoms with Gasteiger partial charge >= 0.3 is 0 Å². The van der Waals surface area contributed by atoms with Crippen LogP contribution < -0.4 is 16.4 Å². The van der Waals surface area contributed by atoms with E-state index in [1.54, 1.807) is 0 Å². The van der Waals surface area contributed by atoms with E-state index in [9.17, 15) is 0 Å². The summed E-state index contributed by atoms with van der Waals surface area (Å²) in [6, 6.07) is 0. The van der Waals surface area contributed by atoms with Crippen LogP contribution in [-0.2, 0) is 0 Å². The number of piperazine rings is 1. The molecule has 0 aliphatic carbocycles. The van der Waals surface area contributed by atoms with E-state index in [2.05, 4.69) is 10.6 Å². The zero-order valence-electron chi connectivity index (χ0n) is 4.15. The monoisotopic (exact) mass is 100 g/mol. The third-order valence-corrected chi connectivity index (χ3v) is 0.947. The Morgan fingerprint density at radius 3 is 2.71 bits per heavy atom. The van der Waals surface area contributed by atoms with Crippen LogP contribution in [0.3, 0.4) is 0 Å². The zero-order valence-corrected chi connectivity index (χ0v) is 4.15. The second-order valence-electron chi connectivity index (χ2n) is 1.60. The lowest BCUT2D eigenvalue weighted by atomic mass is 10.4. The highest BCUT2D eigenvalue weighted by Gasteiger charge is 2.04. The Morgan fingerprint density at radius 1 is 1.57 bits per heavy atom. The molecule has 1 aliphatic heterocycles. The Balaban J connectivity index is 2.12. The third-order valence-electron chi connectivity index (χ3n) is 0.947. The van der Waals surface area contributed by atoms with E-state index in [1.807, 2.05) is 6.54 Å². The lowest BCUT2D eigenvalue weighted by Gasteiger charge is -2.19. The zero-order chi connectivity index (χ0) is 5.11. The second-order valence-corrected chi connectivity index (χ2v) is 1.60. The summed E-state index contributed by atoms with van der Waals surface area (Å²) in [7, 11) is 0. The first-order valence-corrected chi connectivity index (χ1v) is 2.45. The van der Waals surface area contributed by atoms with E-state index >= 15 is 0 Å². The van der Waals surface area contributed by atoms with Gasteiger partial charge in [0.05, 0.1) is 12.7 Å². The van der Waals surface area contributed by atoms with Crippen molar-refractivity contribution in [2.24, 2.45) is 5.73 Å². The van der Waals surface area contributed by atoms with Crippen LogP contribution >= 0.6 is 0 Å². The molecule has 41 valence electrons. The van der Waals surface area contributed by atoms with Crippen LogP contribution in [0.2, 0.25) is 0 Å². The van der Waals surface area contributed by atoms with Crippen molar-refractivity contribution in [1.29, 1.82) is 0 Å². The molecule has 0 spiro atoms. The summed E-state index contributed by atoms with van der Waals surface area (Å²) in [4.78, 5) is 0. The fourth-order valence-electron chi connectivity index (χ4n) is 0.580. The predicted molar refractivity (Wildman–Crippen MR) is 28.3 cm³/mol. The molecule has 1 unspecified atom stereocenters. The Bertz CT molecular complexity index is 48.9. The third kappa shape index (κ3) is 1.43. The number of hydrogen-bond donors (Lipinski definition) is 3. The van der Waals surface area contributed by atoms with Gasteiger partial charge in [0.25, 0.3) is 0 Å². The van der Waals surface area contributed by atoms with Gasteiger partial charge in [0, 0.05) is 13.1 Å². The minimum atomic E-state index is 0.0498. The van der Waals surface area contributed by atoms with Crippen LogP contribution in [0.1, 0.15) is 0 Å². The molecule has 1 aliphatic rings. The van der Waals surface area contributed by atoms with Crippen LogP contribution in [0.15, 0.2) is 0 Å². The molecule has 0 saturated carbocycles. The summed E-state index contributed by atoms with van der Waals surface area (Å²) in [6.07, 6.45) is 0.0498. The number of rotatable bonds is 0. The Morgan fingerprint density at radius 2 is 2.43 bits per heavy atom. The molecule has 0 aromatic carbocycles. The SMILES string of the molecule is NC1[CH]NCCN1. The van der Waals surface area contributed by atoms with Gasteiger partial charge in [-0.2, -0.15) is 0 Å². The summed E-state index contributed by atoms with van der Waals surface area (Å²) in [5, 5.41) is 6.06. The van der Waals surface area contributed by atoms with Crippen molar-refractivity contribution in [3.63, 3.8) is 0 Å². The highest BCUT2D eigenvalue weighted by molar-refractivity contribution is 4.79. The molecular formula is C4H10N3. The normalized spacial score (nSPS) is 33.0. The predicted octanol–water partition coefficient (Wildman–Crippen LogP) is -1.37. The summed E-state index contributed by atoms with van der Waals surface area (Å²) >= 11 is 0. The molecule has 0 amide bonds. The van der Waals surface area contributed by atoms with Gasteiger partial charge in [-0.15, -0.1) is 0 Å². The van der Waals surface area contributed by atoms with E-state index in [4.69, 9.17) is 5.73 Å². The fraction of sp³-hybridized carbons (Fsp3) is 0.750. The highest BCUT2D eigenvalue weighted by Crippen LogP contribution is 1.79. The van der Waals surface area contributed by atoms with Crippen molar-refractivity contribution < 1.29 is 0 Å². The van der Waals surface area contributed by atoms with Crippen LogP contribution in [0.4, 0.5) is 0 Å². The van der Waals surface area contributed by atoms with Gasteiger partial charge in [-0.05, 0) is 0 Å². The Hall–Kier alpha value is -0.120. The molecule has 1 fully saturated rings. The maximum Gasteiger partial charge on any atom is 0.0721 e. The molecule has 1 saturated heterocycles. The van der Waals surface area contributed by atoms with E-state index in [1.165, 1.54) is 0 Å². The topological polar surface area (TPSA) is 50.1 Å². The van der Waals surface area contributed by atoms with E-state index < -0.39 is 0 Å². The average molecular weight is 100 g/mol. The van der Waals surface area contributed by atoms with Crippen LogP contribution in [0.25, 0.3) is 0 Å². The lowest BCUT2D eigenvalue weighted by Crippen LogP contribution is -2.49. The maximum absolute atomic E-state index is 5.41. The number of hydrogen-bond acceptors (Lipinski definition) is 3. The average Bonchev–Trinajstić information content (AvgIpc) is 1.69. The molecule has 0 bridgehead atoms. The summed E-state index contributed by atoms with van der Waals surface area (Å²) in [6.45, 7) is 3.81.